The number of carbonyl (C=O) groups is 1. The molecule has 0 unspecified atom stereocenters. The van der Waals surface area contributed by atoms with Gasteiger partial charge < -0.3 is 5.11 Å². The molecule has 1 N–H and O–H groups in total. The smallest absolute Gasteiger partial charge is 0.417 e. The predicted octanol–water partition coefficient (Wildman–Crippen LogP) is -0.0136. The molecule has 0 heterocycles. The van der Waals surface area contributed by atoms with Gasteiger partial charge in [0.15, 0.2) is 0 Å². The maximum absolute atomic E-state index is 11.0. The Morgan fingerprint density at radius 1 is 1.62 bits per heavy atom. The molecular weight excluding hydrogens is 154 g/mol. The molecule has 0 aliphatic heterocycles. The van der Waals surface area contributed by atoms with Crippen molar-refractivity contribution < 1.29 is 18.7 Å². The summed E-state index contributed by atoms with van der Waals surface area (Å²) in [7, 11) is 0. The van der Waals surface area contributed by atoms with E-state index in [1.54, 1.807) is 0 Å². The highest BCUT2D eigenvalue weighted by molar-refractivity contribution is 6.30. The standard InChI is InChI=1S/C2HClF2O2.Mg.2H/c3-2(4,5)1(6)7;;;/h(H,6,7);;;. The van der Waals surface area contributed by atoms with Gasteiger partial charge in [-0.25, -0.2) is 4.79 Å². The van der Waals surface area contributed by atoms with Crippen molar-refractivity contribution in [1.29, 1.82) is 0 Å². The Balaban J connectivity index is 0. The summed E-state index contributed by atoms with van der Waals surface area (Å²) in [5.74, 6) is -2.32. The van der Waals surface area contributed by atoms with Crippen LogP contribution in [0.5, 0.6) is 0 Å². The summed E-state index contributed by atoms with van der Waals surface area (Å²) < 4.78 is 22.0. The van der Waals surface area contributed by atoms with E-state index in [4.69, 9.17) is 9.90 Å². The Hall–Kier alpha value is 0.386. The zero-order valence-electron chi connectivity index (χ0n) is 2.99. The third-order valence-electron chi connectivity index (χ3n) is 0.243. The van der Waals surface area contributed by atoms with Crippen LogP contribution in [0, 0.1) is 0 Å². The van der Waals surface area contributed by atoms with Gasteiger partial charge in [0, 0.05) is 0 Å². The second-order valence-electron chi connectivity index (χ2n) is 0.803. The van der Waals surface area contributed by atoms with Crippen molar-refractivity contribution in [3.05, 3.63) is 0 Å². The van der Waals surface area contributed by atoms with Crippen molar-refractivity contribution >= 4 is 40.6 Å². The SMILES string of the molecule is O=C(O)C(F)(F)Cl.[MgH2]. The summed E-state index contributed by atoms with van der Waals surface area (Å²) in [5.41, 5.74) is 0. The van der Waals surface area contributed by atoms with Crippen molar-refractivity contribution in [2.45, 2.75) is 5.38 Å². The Kier molecular flexibility index (Phi) is 4.79. The molecule has 0 saturated carbocycles. The summed E-state index contributed by atoms with van der Waals surface area (Å²) >= 11 is 3.94. The zero-order valence-corrected chi connectivity index (χ0v) is 3.75. The highest BCUT2D eigenvalue weighted by Gasteiger charge is 2.35. The highest BCUT2D eigenvalue weighted by Crippen LogP contribution is 2.17. The third-order valence-corrected chi connectivity index (χ3v) is 0.404. The highest BCUT2D eigenvalue weighted by atomic mass is 35.5. The van der Waals surface area contributed by atoms with Gasteiger partial charge in [-0.1, -0.05) is 0 Å². The maximum atomic E-state index is 11.0. The molecule has 0 rings (SSSR count). The lowest BCUT2D eigenvalue weighted by molar-refractivity contribution is -0.153. The van der Waals surface area contributed by atoms with Gasteiger partial charge in [0.25, 0.3) is 0 Å². The first kappa shape index (κ1) is 11.2. The van der Waals surface area contributed by atoms with Crippen LogP contribution in [-0.4, -0.2) is 39.5 Å². The summed E-state index contributed by atoms with van der Waals surface area (Å²) in [6.07, 6.45) is 0. The van der Waals surface area contributed by atoms with Gasteiger partial charge in [0.05, 0.1) is 0 Å². The predicted molar refractivity (Wildman–Crippen MR) is 27.0 cm³/mol. The third kappa shape index (κ3) is 4.54. The Morgan fingerprint density at radius 3 is 1.75 bits per heavy atom. The molecule has 0 aromatic heterocycles. The Bertz CT molecular complexity index is 90.5. The molecule has 0 saturated heterocycles. The second kappa shape index (κ2) is 3.42. The van der Waals surface area contributed by atoms with Crippen LogP contribution in [0.1, 0.15) is 0 Å². The lowest BCUT2D eigenvalue weighted by Crippen LogP contribution is -2.19. The van der Waals surface area contributed by atoms with Crippen LogP contribution in [0.15, 0.2) is 0 Å². The number of hydrogen-bond donors (Lipinski definition) is 1. The van der Waals surface area contributed by atoms with Crippen LogP contribution in [-0.2, 0) is 4.79 Å². The van der Waals surface area contributed by atoms with Gasteiger partial charge in [-0.3, -0.25) is 0 Å². The fourth-order valence-electron chi connectivity index (χ4n) is 0. The molecular formula is C2H3ClF2MgO2. The second-order valence-corrected chi connectivity index (χ2v) is 1.28. The van der Waals surface area contributed by atoms with E-state index in [0.29, 0.717) is 0 Å². The average Bonchev–Trinajstić information content (AvgIpc) is 1.31. The van der Waals surface area contributed by atoms with Crippen molar-refractivity contribution in [2.24, 2.45) is 0 Å². The molecule has 6 heteroatoms. The van der Waals surface area contributed by atoms with Gasteiger partial charge in [-0.15, -0.1) is 0 Å². The van der Waals surface area contributed by atoms with Crippen LogP contribution in [0.25, 0.3) is 0 Å². The lowest BCUT2D eigenvalue weighted by atomic mass is 10.7. The topological polar surface area (TPSA) is 37.3 Å². The van der Waals surface area contributed by atoms with E-state index in [9.17, 15) is 8.78 Å². The summed E-state index contributed by atoms with van der Waals surface area (Å²) in [5, 5.41) is 3.26. The first-order valence-corrected chi connectivity index (χ1v) is 1.62. The fraction of sp³-hybridized carbons (Fsp3) is 0.500. The molecule has 8 heavy (non-hydrogen) atoms. The number of carboxylic acids is 1. The number of rotatable bonds is 1. The minimum Gasteiger partial charge on any atom is -0.476 e. The molecule has 0 atom stereocenters. The van der Waals surface area contributed by atoms with Gasteiger partial charge in [-0.05, 0) is 11.6 Å². The molecule has 0 amide bonds. The molecule has 0 fully saturated rings. The maximum Gasteiger partial charge on any atom is 0.417 e. The first-order valence-electron chi connectivity index (χ1n) is 1.24. The van der Waals surface area contributed by atoms with Gasteiger partial charge in [0.2, 0.25) is 0 Å². The fourth-order valence-corrected chi connectivity index (χ4v) is 0. The summed E-state index contributed by atoms with van der Waals surface area (Å²) in [6.45, 7) is 0. The monoisotopic (exact) mass is 156 g/mol. The van der Waals surface area contributed by atoms with Crippen LogP contribution in [0.3, 0.4) is 0 Å². The Morgan fingerprint density at radius 2 is 1.75 bits per heavy atom. The number of halogens is 3. The van der Waals surface area contributed by atoms with E-state index < -0.39 is 11.4 Å². The number of alkyl halides is 3. The average molecular weight is 157 g/mol. The molecule has 0 aromatic rings. The molecule has 0 bridgehead atoms. The molecule has 46 valence electrons. The summed E-state index contributed by atoms with van der Waals surface area (Å²) in [6, 6.07) is 0. The lowest BCUT2D eigenvalue weighted by Gasteiger charge is -1.95. The van der Waals surface area contributed by atoms with Crippen LogP contribution in [0.2, 0.25) is 0 Å². The molecule has 0 radical (unpaired) electrons. The quantitative estimate of drug-likeness (QED) is 0.429. The number of aliphatic carboxylic acids is 1. The van der Waals surface area contributed by atoms with Crippen molar-refractivity contribution in [3.63, 3.8) is 0 Å². The van der Waals surface area contributed by atoms with Gasteiger partial charge in [-0.2, -0.15) is 8.78 Å². The van der Waals surface area contributed by atoms with Gasteiger partial charge in [0.1, 0.15) is 0 Å². The number of hydrogen-bond acceptors (Lipinski definition) is 1. The molecule has 0 aliphatic carbocycles. The van der Waals surface area contributed by atoms with E-state index in [1.807, 2.05) is 0 Å². The largest absolute Gasteiger partial charge is 0.476 e. The van der Waals surface area contributed by atoms with E-state index >= 15 is 0 Å². The van der Waals surface area contributed by atoms with Crippen molar-refractivity contribution in [1.82, 2.24) is 0 Å². The zero-order chi connectivity index (χ0) is 6.08. The number of carboxylic acid groups (broad SMARTS) is 1. The van der Waals surface area contributed by atoms with E-state index in [1.165, 1.54) is 0 Å². The Labute approximate surface area is 65.0 Å². The van der Waals surface area contributed by atoms with E-state index in [-0.39, 0.29) is 23.1 Å². The van der Waals surface area contributed by atoms with Gasteiger partial charge >= 0.3 is 34.4 Å². The van der Waals surface area contributed by atoms with Crippen LogP contribution < -0.4 is 0 Å². The van der Waals surface area contributed by atoms with Crippen molar-refractivity contribution in [2.75, 3.05) is 0 Å². The van der Waals surface area contributed by atoms with Crippen molar-refractivity contribution in [3.8, 4) is 0 Å². The van der Waals surface area contributed by atoms with E-state index in [2.05, 4.69) is 11.6 Å². The molecule has 0 aliphatic rings. The molecule has 0 spiro atoms. The summed E-state index contributed by atoms with van der Waals surface area (Å²) in [4.78, 5) is 9.14. The van der Waals surface area contributed by atoms with E-state index in [0.717, 1.165) is 0 Å². The molecule has 0 aromatic carbocycles. The first-order chi connectivity index (χ1) is 2.94. The van der Waals surface area contributed by atoms with Crippen LogP contribution in [0.4, 0.5) is 8.78 Å². The molecule has 2 nitrogen and oxygen atoms in total. The normalized spacial score (nSPS) is 9.88. The van der Waals surface area contributed by atoms with Crippen LogP contribution >= 0.6 is 11.6 Å². The minimum atomic E-state index is -4.11. The minimum absolute atomic E-state index is 0.